The van der Waals surface area contributed by atoms with Gasteiger partial charge >= 0.3 is 0 Å². The number of hydrogen-bond acceptors (Lipinski definition) is 3. The van der Waals surface area contributed by atoms with E-state index < -0.39 is 0 Å². The van der Waals surface area contributed by atoms with E-state index in [-0.39, 0.29) is 10.7 Å². The number of carbonyl (C=O) groups is 1. The van der Waals surface area contributed by atoms with Crippen LogP contribution in [0.15, 0.2) is 29.3 Å². The molecular weight excluding hydrogens is 356 g/mol. The molecule has 0 bridgehead atoms. The zero-order valence-corrected chi connectivity index (χ0v) is 17.4. The molecule has 1 aromatic rings. The maximum Gasteiger partial charge on any atom is 0.223 e. The number of carbonyl (C=O) groups excluding carboxylic acids is 1. The average Bonchev–Trinajstić information content (AvgIpc) is 3.29. The molecule has 3 rings (SSSR count). The fraction of sp³-hybridized carbons (Fsp3) is 0.619. The lowest BCUT2D eigenvalue weighted by Crippen LogP contribution is -2.39. The first-order valence-electron chi connectivity index (χ1n) is 10.1. The normalized spacial score (nSPS) is 22.0. The second kappa shape index (κ2) is 9.49. The van der Waals surface area contributed by atoms with Gasteiger partial charge in [-0.2, -0.15) is 11.8 Å². The van der Waals surface area contributed by atoms with E-state index in [1.165, 1.54) is 29.7 Å². The summed E-state index contributed by atoms with van der Waals surface area (Å²) in [5.74, 6) is 2.36. The standard InChI is InChI=1S/C21H32N4OS/c1-3-22-20(24-16-21(2)11-7-13-27-21)23-12-6-10-19(26)25-14-17-8-4-5-9-18(17)15-25/h4-5,8-9H,3,6-7,10-16H2,1-2H3,(H2,22,23,24). The van der Waals surface area contributed by atoms with Gasteiger partial charge in [-0.25, -0.2) is 0 Å². The van der Waals surface area contributed by atoms with Crippen LogP contribution < -0.4 is 10.6 Å². The van der Waals surface area contributed by atoms with E-state index in [0.717, 1.165) is 45.1 Å². The lowest BCUT2D eigenvalue weighted by Gasteiger charge is -2.21. The number of rotatable bonds is 7. The van der Waals surface area contributed by atoms with Gasteiger partial charge in [-0.05, 0) is 50.0 Å². The Morgan fingerprint density at radius 2 is 2.00 bits per heavy atom. The topological polar surface area (TPSA) is 56.7 Å². The van der Waals surface area contributed by atoms with Crippen molar-refractivity contribution in [1.82, 2.24) is 15.5 Å². The molecule has 1 fully saturated rings. The van der Waals surface area contributed by atoms with Crippen LogP contribution in [0.1, 0.15) is 50.7 Å². The van der Waals surface area contributed by atoms with Crippen molar-refractivity contribution in [3.63, 3.8) is 0 Å². The molecule has 6 heteroatoms. The lowest BCUT2D eigenvalue weighted by atomic mass is 10.1. The predicted octanol–water partition coefficient (Wildman–Crippen LogP) is 3.15. The van der Waals surface area contributed by atoms with Gasteiger partial charge in [-0.15, -0.1) is 0 Å². The minimum absolute atomic E-state index is 0.241. The van der Waals surface area contributed by atoms with Crippen LogP contribution in [0.2, 0.25) is 0 Å². The fourth-order valence-corrected chi connectivity index (χ4v) is 4.89. The van der Waals surface area contributed by atoms with Crippen LogP contribution in [0, 0.1) is 0 Å². The van der Waals surface area contributed by atoms with Gasteiger partial charge in [0.05, 0.1) is 6.54 Å². The van der Waals surface area contributed by atoms with Gasteiger partial charge in [0.25, 0.3) is 0 Å². The first kappa shape index (κ1) is 20.1. The van der Waals surface area contributed by atoms with Crippen molar-refractivity contribution in [1.29, 1.82) is 0 Å². The van der Waals surface area contributed by atoms with Crippen LogP contribution in [0.25, 0.3) is 0 Å². The molecular formula is C21H32N4OS. The van der Waals surface area contributed by atoms with Crippen molar-refractivity contribution >= 4 is 23.6 Å². The maximum absolute atomic E-state index is 12.5. The first-order chi connectivity index (χ1) is 13.1. The Morgan fingerprint density at radius 1 is 1.26 bits per heavy atom. The van der Waals surface area contributed by atoms with Crippen LogP contribution in [-0.4, -0.2) is 46.9 Å². The van der Waals surface area contributed by atoms with Crippen molar-refractivity contribution in [3.05, 3.63) is 35.4 Å². The minimum Gasteiger partial charge on any atom is -0.357 e. The minimum atomic E-state index is 0.241. The Hall–Kier alpha value is -1.69. The maximum atomic E-state index is 12.5. The monoisotopic (exact) mass is 388 g/mol. The molecule has 1 atom stereocenters. The fourth-order valence-electron chi connectivity index (χ4n) is 3.66. The summed E-state index contributed by atoms with van der Waals surface area (Å²) in [5.41, 5.74) is 2.56. The van der Waals surface area contributed by atoms with Crippen LogP contribution in [-0.2, 0) is 17.9 Å². The zero-order chi connectivity index (χ0) is 19.1. The molecule has 5 nitrogen and oxygen atoms in total. The van der Waals surface area contributed by atoms with E-state index in [0.29, 0.717) is 6.42 Å². The summed E-state index contributed by atoms with van der Waals surface area (Å²) in [4.78, 5) is 19.2. The first-order valence-corrected chi connectivity index (χ1v) is 11.1. The molecule has 1 amide bonds. The van der Waals surface area contributed by atoms with Crippen LogP contribution >= 0.6 is 11.8 Å². The molecule has 2 aliphatic rings. The molecule has 2 aliphatic heterocycles. The van der Waals surface area contributed by atoms with Crippen molar-refractivity contribution < 1.29 is 4.79 Å². The molecule has 0 aromatic heterocycles. The van der Waals surface area contributed by atoms with Crippen molar-refractivity contribution in [3.8, 4) is 0 Å². The molecule has 1 aromatic carbocycles. The number of guanidine groups is 1. The summed E-state index contributed by atoms with van der Waals surface area (Å²) in [6, 6.07) is 8.32. The molecule has 2 heterocycles. The van der Waals surface area contributed by atoms with Crippen LogP contribution in [0.3, 0.4) is 0 Å². The van der Waals surface area contributed by atoms with Crippen molar-refractivity contribution in [2.24, 2.45) is 4.99 Å². The van der Waals surface area contributed by atoms with Gasteiger partial charge in [-0.3, -0.25) is 9.79 Å². The van der Waals surface area contributed by atoms with E-state index in [4.69, 9.17) is 4.99 Å². The third-order valence-electron chi connectivity index (χ3n) is 5.27. The van der Waals surface area contributed by atoms with Gasteiger partial charge in [0, 0.05) is 37.3 Å². The number of thioether (sulfide) groups is 1. The summed E-state index contributed by atoms with van der Waals surface area (Å²) in [5, 5.41) is 6.70. The molecule has 0 aliphatic carbocycles. The van der Waals surface area contributed by atoms with E-state index in [9.17, 15) is 4.79 Å². The van der Waals surface area contributed by atoms with E-state index in [1.807, 2.05) is 28.8 Å². The second-order valence-corrected chi connectivity index (χ2v) is 9.33. The smallest absolute Gasteiger partial charge is 0.223 e. The summed E-state index contributed by atoms with van der Waals surface area (Å²) < 4.78 is 0.281. The van der Waals surface area contributed by atoms with Gasteiger partial charge in [0.2, 0.25) is 5.91 Å². The highest BCUT2D eigenvalue weighted by atomic mass is 32.2. The number of fused-ring (bicyclic) bond motifs is 1. The predicted molar refractivity (Wildman–Crippen MR) is 114 cm³/mol. The molecule has 0 radical (unpaired) electrons. The number of amides is 1. The number of hydrogen-bond donors (Lipinski definition) is 2. The molecule has 2 N–H and O–H groups in total. The second-order valence-electron chi connectivity index (χ2n) is 7.65. The highest BCUT2D eigenvalue weighted by molar-refractivity contribution is 8.00. The Balaban J connectivity index is 1.39. The Labute approximate surface area is 167 Å². The van der Waals surface area contributed by atoms with Gasteiger partial charge in [0.15, 0.2) is 5.96 Å². The molecule has 148 valence electrons. The van der Waals surface area contributed by atoms with E-state index >= 15 is 0 Å². The highest BCUT2D eigenvalue weighted by Crippen LogP contribution is 2.37. The average molecular weight is 389 g/mol. The Bertz CT molecular complexity index is 645. The SMILES string of the molecule is CCNC(=NCC1(C)CCCS1)NCCCC(=O)N1Cc2ccccc2C1. The van der Waals surface area contributed by atoms with Crippen molar-refractivity contribution in [2.45, 2.75) is 57.4 Å². The molecule has 1 saturated heterocycles. The van der Waals surface area contributed by atoms with Crippen LogP contribution in [0.5, 0.6) is 0 Å². The van der Waals surface area contributed by atoms with E-state index in [2.05, 4.69) is 36.6 Å². The molecule has 0 spiro atoms. The van der Waals surface area contributed by atoms with Crippen LogP contribution in [0.4, 0.5) is 0 Å². The largest absolute Gasteiger partial charge is 0.357 e. The zero-order valence-electron chi connectivity index (χ0n) is 16.6. The summed E-state index contributed by atoms with van der Waals surface area (Å²) in [6.45, 7) is 8.36. The Morgan fingerprint density at radius 3 is 2.63 bits per heavy atom. The Kier molecular flexibility index (Phi) is 7.05. The number of nitrogens with one attached hydrogen (secondary N) is 2. The third kappa shape index (κ3) is 5.64. The van der Waals surface area contributed by atoms with Gasteiger partial charge < -0.3 is 15.5 Å². The third-order valence-corrected chi connectivity index (χ3v) is 6.79. The van der Waals surface area contributed by atoms with Crippen molar-refractivity contribution in [2.75, 3.05) is 25.4 Å². The number of aliphatic imine (C=N–C) groups is 1. The van der Waals surface area contributed by atoms with Gasteiger partial charge in [-0.1, -0.05) is 24.3 Å². The summed E-state index contributed by atoms with van der Waals surface area (Å²) in [6.07, 6.45) is 3.94. The molecule has 0 saturated carbocycles. The number of nitrogens with zero attached hydrogens (tertiary/aromatic N) is 2. The molecule has 1 unspecified atom stereocenters. The lowest BCUT2D eigenvalue weighted by molar-refractivity contribution is -0.131. The highest BCUT2D eigenvalue weighted by Gasteiger charge is 2.29. The molecule has 27 heavy (non-hydrogen) atoms. The summed E-state index contributed by atoms with van der Waals surface area (Å²) >= 11 is 2.03. The quantitative estimate of drug-likeness (QED) is 0.428. The van der Waals surface area contributed by atoms with E-state index in [1.54, 1.807) is 0 Å². The van der Waals surface area contributed by atoms with Gasteiger partial charge in [0.1, 0.15) is 0 Å². The summed E-state index contributed by atoms with van der Waals surface area (Å²) in [7, 11) is 0. The number of benzene rings is 1.